The van der Waals surface area contributed by atoms with Gasteiger partial charge in [0.15, 0.2) is 0 Å². The predicted octanol–water partition coefficient (Wildman–Crippen LogP) is 3.01. The van der Waals surface area contributed by atoms with Crippen molar-refractivity contribution in [1.82, 2.24) is 9.97 Å². The van der Waals surface area contributed by atoms with E-state index in [0.717, 1.165) is 28.8 Å². The molecule has 0 radical (unpaired) electrons. The van der Waals surface area contributed by atoms with Crippen LogP contribution in [-0.4, -0.2) is 22.6 Å². The highest BCUT2D eigenvalue weighted by molar-refractivity contribution is 9.10. The van der Waals surface area contributed by atoms with Gasteiger partial charge < -0.3 is 4.90 Å². The first-order valence-electron chi connectivity index (χ1n) is 6.08. The smallest absolute Gasteiger partial charge is 0.146 e. The molecular weight excluding hydrogens is 266 g/mol. The number of anilines is 1. The van der Waals surface area contributed by atoms with Gasteiger partial charge in [0, 0.05) is 18.8 Å². The Labute approximate surface area is 104 Å². The number of halogens is 1. The number of fused-ring (bicyclic) bond motifs is 1. The molecule has 1 aromatic rings. The molecule has 1 saturated heterocycles. The van der Waals surface area contributed by atoms with Crippen molar-refractivity contribution in [1.29, 1.82) is 0 Å². The molecule has 1 aromatic heterocycles. The molecule has 16 heavy (non-hydrogen) atoms. The minimum atomic E-state index is 0.722. The van der Waals surface area contributed by atoms with E-state index in [4.69, 9.17) is 0 Å². The number of nitrogens with zero attached hydrogens (tertiary/aromatic N) is 3. The minimum Gasteiger partial charge on any atom is -0.352 e. The van der Waals surface area contributed by atoms with Crippen LogP contribution in [0.2, 0.25) is 0 Å². The van der Waals surface area contributed by atoms with Crippen molar-refractivity contribution in [2.45, 2.75) is 38.1 Å². The highest BCUT2D eigenvalue weighted by Crippen LogP contribution is 2.39. The summed E-state index contributed by atoms with van der Waals surface area (Å²) in [7, 11) is 0. The molecule has 0 bridgehead atoms. The number of hydrogen-bond acceptors (Lipinski definition) is 3. The Morgan fingerprint density at radius 2 is 2.12 bits per heavy atom. The Balaban J connectivity index is 1.91. The Kier molecular flexibility index (Phi) is 2.84. The van der Waals surface area contributed by atoms with Gasteiger partial charge in [0.1, 0.15) is 12.1 Å². The van der Waals surface area contributed by atoms with E-state index in [0.29, 0.717) is 0 Å². The molecule has 2 aliphatic rings. The van der Waals surface area contributed by atoms with Gasteiger partial charge in [0.05, 0.1) is 4.47 Å². The van der Waals surface area contributed by atoms with Gasteiger partial charge in [-0.25, -0.2) is 9.97 Å². The van der Waals surface area contributed by atoms with E-state index >= 15 is 0 Å². The van der Waals surface area contributed by atoms with Crippen molar-refractivity contribution in [3.05, 3.63) is 17.0 Å². The van der Waals surface area contributed by atoms with Crippen molar-refractivity contribution in [2.75, 3.05) is 11.4 Å². The van der Waals surface area contributed by atoms with E-state index in [2.05, 4.69) is 30.8 Å². The molecule has 4 heteroatoms. The van der Waals surface area contributed by atoms with Gasteiger partial charge in [0.25, 0.3) is 0 Å². The highest BCUT2D eigenvalue weighted by atomic mass is 79.9. The van der Waals surface area contributed by atoms with E-state index in [-0.39, 0.29) is 0 Å². The summed E-state index contributed by atoms with van der Waals surface area (Å²) in [6.07, 6.45) is 10.3. The maximum atomic E-state index is 4.43. The Morgan fingerprint density at radius 1 is 1.25 bits per heavy atom. The van der Waals surface area contributed by atoms with E-state index in [1.807, 2.05) is 6.20 Å². The van der Waals surface area contributed by atoms with E-state index in [1.165, 1.54) is 32.1 Å². The molecule has 2 unspecified atom stereocenters. The monoisotopic (exact) mass is 281 g/mol. The lowest BCUT2D eigenvalue weighted by Gasteiger charge is -2.38. The molecule has 1 aliphatic heterocycles. The van der Waals surface area contributed by atoms with Crippen molar-refractivity contribution < 1.29 is 0 Å². The first-order valence-corrected chi connectivity index (χ1v) is 6.87. The number of hydrogen-bond donors (Lipinski definition) is 0. The van der Waals surface area contributed by atoms with Crippen LogP contribution in [0.25, 0.3) is 0 Å². The zero-order chi connectivity index (χ0) is 11.0. The van der Waals surface area contributed by atoms with Crippen LogP contribution < -0.4 is 4.90 Å². The maximum absolute atomic E-state index is 4.43. The van der Waals surface area contributed by atoms with Crippen LogP contribution in [0.4, 0.5) is 5.82 Å². The van der Waals surface area contributed by atoms with Crippen LogP contribution in [0.3, 0.4) is 0 Å². The van der Waals surface area contributed by atoms with Crippen LogP contribution >= 0.6 is 15.9 Å². The summed E-state index contributed by atoms with van der Waals surface area (Å²) in [5.74, 6) is 1.99. The fourth-order valence-corrected chi connectivity index (χ4v) is 3.68. The fourth-order valence-electron chi connectivity index (χ4n) is 3.23. The normalized spacial score (nSPS) is 29.2. The first kappa shape index (κ1) is 10.5. The second-order valence-corrected chi connectivity index (χ2v) is 5.64. The molecule has 0 aromatic carbocycles. The fraction of sp³-hybridized carbons (Fsp3) is 0.667. The molecule has 3 rings (SSSR count). The van der Waals surface area contributed by atoms with E-state index < -0.39 is 0 Å². The Morgan fingerprint density at radius 3 is 3.00 bits per heavy atom. The maximum Gasteiger partial charge on any atom is 0.146 e. The predicted molar refractivity (Wildman–Crippen MR) is 67.4 cm³/mol. The number of rotatable bonds is 1. The molecule has 1 saturated carbocycles. The summed E-state index contributed by atoms with van der Waals surface area (Å²) in [6, 6.07) is 0.722. The lowest BCUT2D eigenvalue weighted by Crippen LogP contribution is -2.43. The molecule has 0 spiro atoms. The van der Waals surface area contributed by atoms with E-state index in [9.17, 15) is 0 Å². The summed E-state index contributed by atoms with van der Waals surface area (Å²) in [6.45, 7) is 1.15. The zero-order valence-corrected chi connectivity index (χ0v) is 10.9. The number of piperidine rings is 1. The van der Waals surface area contributed by atoms with Gasteiger partial charge in [-0.3, -0.25) is 0 Å². The second-order valence-electron chi connectivity index (χ2n) is 4.79. The molecule has 3 nitrogen and oxygen atoms in total. The standard InChI is InChI=1S/C12H16BrN3/c13-10-7-14-8-15-12(10)16-6-2-4-9-3-1-5-11(9)16/h7-9,11H,1-6H2. The summed E-state index contributed by atoms with van der Waals surface area (Å²) in [4.78, 5) is 11.0. The Bertz CT molecular complexity index is 382. The molecule has 1 aliphatic carbocycles. The minimum absolute atomic E-state index is 0.722. The van der Waals surface area contributed by atoms with Crippen molar-refractivity contribution in [3.63, 3.8) is 0 Å². The van der Waals surface area contributed by atoms with Gasteiger partial charge in [-0.1, -0.05) is 6.42 Å². The van der Waals surface area contributed by atoms with Crippen molar-refractivity contribution in [3.8, 4) is 0 Å². The van der Waals surface area contributed by atoms with E-state index in [1.54, 1.807) is 6.33 Å². The SMILES string of the molecule is Brc1cncnc1N1CCCC2CCCC21. The largest absolute Gasteiger partial charge is 0.352 e. The summed E-state index contributed by atoms with van der Waals surface area (Å²) < 4.78 is 1.03. The van der Waals surface area contributed by atoms with Crippen LogP contribution in [0.15, 0.2) is 17.0 Å². The molecule has 0 N–H and O–H groups in total. The summed E-state index contributed by atoms with van der Waals surface area (Å²) >= 11 is 3.56. The molecule has 0 amide bonds. The third-order valence-corrected chi connectivity index (χ3v) is 4.47. The Hall–Kier alpha value is -0.640. The zero-order valence-electron chi connectivity index (χ0n) is 9.27. The molecule has 2 atom stereocenters. The molecular formula is C12H16BrN3. The van der Waals surface area contributed by atoms with Crippen LogP contribution in [0.1, 0.15) is 32.1 Å². The average Bonchev–Trinajstić information content (AvgIpc) is 2.77. The van der Waals surface area contributed by atoms with Crippen LogP contribution in [0, 0.1) is 5.92 Å². The average molecular weight is 282 g/mol. The molecule has 86 valence electrons. The van der Waals surface area contributed by atoms with Gasteiger partial charge in [0.2, 0.25) is 0 Å². The summed E-state index contributed by atoms with van der Waals surface area (Å²) in [5, 5.41) is 0. The van der Waals surface area contributed by atoms with Crippen molar-refractivity contribution >= 4 is 21.7 Å². The molecule has 2 fully saturated rings. The lowest BCUT2D eigenvalue weighted by atomic mass is 9.92. The van der Waals surface area contributed by atoms with Crippen molar-refractivity contribution in [2.24, 2.45) is 5.92 Å². The number of aromatic nitrogens is 2. The van der Waals surface area contributed by atoms with Crippen LogP contribution in [0.5, 0.6) is 0 Å². The molecule has 2 heterocycles. The highest BCUT2D eigenvalue weighted by Gasteiger charge is 2.36. The second kappa shape index (κ2) is 4.32. The van der Waals surface area contributed by atoms with Gasteiger partial charge in [-0.15, -0.1) is 0 Å². The quantitative estimate of drug-likeness (QED) is 0.793. The third-order valence-electron chi connectivity index (χ3n) is 3.91. The first-order chi connectivity index (χ1) is 7.86. The van der Waals surface area contributed by atoms with Gasteiger partial charge in [-0.05, 0) is 47.5 Å². The van der Waals surface area contributed by atoms with Gasteiger partial charge in [-0.2, -0.15) is 0 Å². The topological polar surface area (TPSA) is 29.0 Å². The van der Waals surface area contributed by atoms with Crippen LogP contribution in [-0.2, 0) is 0 Å². The third kappa shape index (κ3) is 1.73. The van der Waals surface area contributed by atoms with Gasteiger partial charge >= 0.3 is 0 Å². The lowest BCUT2D eigenvalue weighted by molar-refractivity contribution is 0.360. The summed E-state index contributed by atoms with van der Waals surface area (Å²) in [5.41, 5.74) is 0.